The third-order valence-electron chi connectivity index (χ3n) is 2.48. The van der Waals surface area contributed by atoms with E-state index in [0.717, 1.165) is 16.8 Å². The van der Waals surface area contributed by atoms with Gasteiger partial charge in [-0.25, -0.2) is 4.98 Å². The summed E-state index contributed by atoms with van der Waals surface area (Å²) in [6, 6.07) is 5.85. The Morgan fingerprint density at radius 1 is 1.38 bits per heavy atom. The maximum atomic E-state index is 11.8. The second-order valence-electron chi connectivity index (χ2n) is 3.54. The van der Waals surface area contributed by atoms with Gasteiger partial charge in [-0.15, -0.1) is 11.3 Å². The van der Waals surface area contributed by atoms with Crippen molar-refractivity contribution >= 4 is 22.9 Å². The van der Waals surface area contributed by atoms with Crippen LogP contribution in [-0.4, -0.2) is 10.9 Å². The molecule has 0 unspecified atom stereocenters. The monoisotopic (exact) mass is 232 g/mol. The van der Waals surface area contributed by atoms with E-state index in [0.29, 0.717) is 5.01 Å². The van der Waals surface area contributed by atoms with Gasteiger partial charge in [0.2, 0.25) is 0 Å². The highest BCUT2D eigenvalue weighted by molar-refractivity contribution is 7.11. The number of nitrogens with one attached hydrogen (secondary N) is 1. The van der Waals surface area contributed by atoms with E-state index in [4.69, 9.17) is 0 Å². The quantitative estimate of drug-likeness (QED) is 0.864. The average Bonchev–Trinajstić information content (AvgIpc) is 2.78. The molecule has 82 valence electrons. The highest BCUT2D eigenvalue weighted by Gasteiger charge is 2.10. The first-order valence-electron chi connectivity index (χ1n) is 4.95. The van der Waals surface area contributed by atoms with E-state index in [1.807, 2.05) is 32.0 Å². The second kappa shape index (κ2) is 4.45. The highest BCUT2D eigenvalue weighted by Crippen LogP contribution is 2.19. The van der Waals surface area contributed by atoms with E-state index in [1.165, 1.54) is 11.3 Å². The van der Waals surface area contributed by atoms with Crippen LogP contribution in [0, 0.1) is 13.8 Å². The predicted molar refractivity (Wildman–Crippen MR) is 66.0 cm³/mol. The Balaban J connectivity index is 2.22. The topological polar surface area (TPSA) is 42.0 Å². The minimum Gasteiger partial charge on any atom is -0.320 e. The van der Waals surface area contributed by atoms with E-state index in [-0.39, 0.29) is 5.91 Å². The van der Waals surface area contributed by atoms with Gasteiger partial charge in [-0.1, -0.05) is 12.1 Å². The number of hydrogen-bond donors (Lipinski definition) is 1. The van der Waals surface area contributed by atoms with Crippen LogP contribution in [0.3, 0.4) is 0 Å². The number of thiazole rings is 1. The maximum Gasteiger partial charge on any atom is 0.284 e. The predicted octanol–water partition coefficient (Wildman–Crippen LogP) is 3.01. The van der Waals surface area contributed by atoms with Gasteiger partial charge in [0, 0.05) is 17.3 Å². The number of anilines is 1. The second-order valence-corrected chi connectivity index (χ2v) is 4.43. The van der Waals surface area contributed by atoms with E-state index in [9.17, 15) is 4.79 Å². The Morgan fingerprint density at radius 3 is 2.88 bits per heavy atom. The molecule has 2 aromatic rings. The van der Waals surface area contributed by atoms with Gasteiger partial charge in [0.25, 0.3) is 5.91 Å². The lowest BCUT2D eigenvalue weighted by molar-refractivity contribution is 0.102. The zero-order valence-corrected chi connectivity index (χ0v) is 9.97. The number of amides is 1. The van der Waals surface area contributed by atoms with Gasteiger partial charge in [-0.3, -0.25) is 4.79 Å². The van der Waals surface area contributed by atoms with E-state index < -0.39 is 0 Å². The summed E-state index contributed by atoms with van der Waals surface area (Å²) in [5, 5.41) is 5.14. The summed E-state index contributed by atoms with van der Waals surface area (Å²) in [5.74, 6) is -0.149. The van der Waals surface area contributed by atoms with Crippen LogP contribution in [-0.2, 0) is 0 Å². The number of aryl methyl sites for hydroxylation is 1. The number of hydrogen-bond acceptors (Lipinski definition) is 3. The molecule has 3 nitrogen and oxygen atoms in total. The number of carbonyl (C=O) groups excluding carboxylic acids is 1. The van der Waals surface area contributed by atoms with Crippen molar-refractivity contribution in [2.45, 2.75) is 13.8 Å². The number of carbonyl (C=O) groups is 1. The Bertz CT molecular complexity index is 506. The van der Waals surface area contributed by atoms with Crippen LogP contribution in [0.15, 0.2) is 29.8 Å². The Labute approximate surface area is 98.2 Å². The summed E-state index contributed by atoms with van der Waals surface area (Å²) in [5.41, 5.74) is 3.10. The van der Waals surface area contributed by atoms with Crippen LogP contribution in [0.2, 0.25) is 0 Å². The molecule has 0 radical (unpaired) electrons. The van der Waals surface area contributed by atoms with Crippen LogP contribution in [0.4, 0.5) is 5.69 Å². The molecule has 0 aliphatic carbocycles. The molecule has 4 heteroatoms. The molecule has 1 amide bonds. The summed E-state index contributed by atoms with van der Waals surface area (Å²) in [6.45, 7) is 4.02. The summed E-state index contributed by atoms with van der Waals surface area (Å²) < 4.78 is 0. The molecular weight excluding hydrogens is 220 g/mol. The minimum absolute atomic E-state index is 0.149. The zero-order valence-electron chi connectivity index (χ0n) is 9.15. The lowest BCUT2D eigenvalue weighted by atomic mass is 10.1. The lowest BCUT2D eigenvalue weighted by Gasteiger charge is -2.08. The van der Waals surface area contributed by atoms with Crippen LogP contribution < -0.4 is 5.32 Å². The van der Waals surface area contributed by atoms with Crippen LogP contribution in [0.5, 0.6) is 0 Å². The third kappa shape index (κ3) is 2.12. The Hall–Kier alpha value is -1.68. The van der Waals surface area contributed by atoms with Crippen molar-refractivity contribution < 1.29 is 4.79 Å². The SMILES string of the molecule is Cc1cccc(NC(=O)c2nccs2)c1C. The molecule has 0 aliphatic rings. The van der Waals surface area contributed by atoms with Gasteiger partial charge in [0.1, 0.15) is 0 Å². The molecule has 2 rings (SSSR count). The van der Waals surface area contributed by atoms with Gasteiger partial charge < -0.3 is 5.32 Å². The van der Waals surface area contributed by atoms with E-state index >= 15 is 0 Å². The first-order valence-corrected chi connectivity index (χ1v) is 5.83. The fraction of sp³-hybridized carbons (Fsp3) is 0.167. The number of nitrogens with zero attached hydrogens (tertiary/aromatic N) is 1. The van der Waals surface area contributed by atoms with Gasteiger partial charge in [-0.2, -0.15) is 0 Å². The van der Waals surface area contributed by atoms with Crippen LogP contribution in [0.1, 0.15) is 20.9 Å². The van der Waals surface area contributed by atoms with Crippen molar-refractivity contribution in [1.29, 1.82) is 0 Å². The summed E-state index contributed by atoms with van der Waals surface area (Å²) in [4.78, 5) is 15.7. The fourth-order valence-electron chi connectivity index (χ4n) is 1.40. The Kier molecular flexibility index (Phi) is 3.01. The van der Waals surface area contributed by atoms with Crippen molar-refractivity contribution in [3.05, 3.63) is 45.9 Å². The third-order valence-corrected chi connectivity index (χ3v) is 3.25. The van der Waals surface area contributed by atoms with Crippen molar-refractivity contribution in [1.82, 2.24) is 4.98 Å². The standard InChI is InChI=1S/C12H12N2OS/c1-8-4-3-5-10(9(8)2)14-11(15)12-13-6-7-16-12/h3-7H,1-2H3,(H,14,15). The van der Waals surface area contributed by atoms with Crippen molar-refractivity contribution in [2.75, 3.05) is 5.32 Å². The first-order chi connectivity index (χ1) is 7.68. The molecule has 1 aromatic carbocycles. The van der Waals surface area contributed by atoms with Crippen LogP contribution in [0.25, 0.3) is 0 Å². The van der Waals surface area contributed by atoms with E-state index in [2.05, 4.69) is 10.3 Å². The van der Waals surface area contributed by atoms with Crippen molar-refractivity contribution in [2.24, 2.45) is 0 Å². The molecule has 0 bridgehead atoms. The summed E-state index contributed by atoms with van der Waals surface area (Å²) in [6.07, 6.45) is 1.63. The van der Waals surface area contributed by atoms with Crippen molar-refractivity contribution in [3.8, 4) is 0 Å². The fourth-order valence-corrected chi connectivity index (χ4v) is 1.93. The molecule has 16 heavy (non-hydrogen) atoms. The average molecular weight is 232 g/mol. The summed E-state index contributed by atoms with van der Waals surface area (Å²) in [7, 11) is 0. The smallest absolute Gasteiger partial charge is 0.284 e. The molecule has 0 saturated carbocycles. The van der Waals surface area contributed by atoms with Crippen LogP contribution >= 0.6 is 11.3 Å². The molecule has 1 heterocycles. The largest absolute Gasteiger partial charge is 0.320 e. The molecule has 0 aliphatic heterocycles. The normalized spacial score (nSPS) is 10.1. The number of benzene rings is 1. The molecule has 1 N–H and O–H groups in total. The van der Waals surface area contributed by atoms with Gasteiger partial charge in [-0.05, 0) is 31.0 Å². The zero-order chi connectivity index (χ0) is 11.5. The van der Waals surface area contributed by atoms with E-state index in [1.54, 1.807) is 11.6 Å². The Morgan fingerprint density at radius 2 is 2.19 bits per heavy atom. The van der Waals surface area contributed by atoms with Gasteiger partial charge >= 0.3 is 0 Å². The lowest BCUT2D eigenvalue weighted by Crippen LogP contribution is -2.12. The minimum atomic E-state index is -0.149. The van der Waals surface area contributed by atoms with Crippen molar-refractivity contribution in [3.63, 3.8) is 0 Å². The highest BCUT2D eigenvalue weighted by atomic mass is 32.1. The van der Waals surface area contributed by atoms with Gasteiger partial charge in [0.05, 0.1) is 0 Å². The molecule has 1 aromatic heterocycles. The first kappa shape index (κ1) is 10.8. The molecule has 0 spiro atoms. The van der Waals surface area contributed by atoms with Gasteiger partial charge in [0.15, 0.2) is 5.01 Å². The molecule has 0 atom stereocenters. The number of aromatic nitrogens is 1. The molecule has 0 fully saturated rings. The molecular formula is C12H12N2OS. The molecule has 0 saturated heterocycles. The number of rotatable bonds is 2. The maximum absolute atomic E-state index is 11.8. The summed E-state index contributed by atoms with van der Waals surface area (Å²) >= 11 is 1.34.